The summed E-state index contributed by atoms with van der Waals surface area (Å²) in [5.41, 5.74) is 58.6. The first-order valence-corrected chi connectivity index (χ1v) is 61.2. The lowest BCUT2D eigenvalue weighted by atomic mass is 9.34. The largest absolute Gasteiger partial charge is 0.507 e. The number of allylic oxidation sites excluding steroid dienone is 18. The maximum atomic E-state index is 15.1. The minimum absolute atomic E-state index is 0.140. The minimum Gasteiger partial charge on any atom is -0.507 e. The first-order chi connectivity index (χ1) is 67.3. The molecule has 3 nitrogen and oxygen atoms in total. The Morgan fingerprint density at radius 3 is 1.90 bits per heavy atom. The van der Waals surface area contributed by atoms with Gasteiger partial charge in [-0.15, -0.1) is 11.8 Å². The van der Waals surface area contributed by atoms with Gasteiger partial charge < -0.3 is 10.1 Å². The fraction of sp³-hybridized carbons (Fsp3) is 0.632. The van der Waals surface area contributed by atoms with Crippen molar-refractivity contribution in [3.63, 3.8) is 0 Å². The molecule has 5 heteroatoms. The van der Waals surface area contributed by atoms with E-state index < -0.39 is 0 Å². The summed E-state index contributed by atoms with van der Waals surface area (Å²) in [5.74, 6) is 15.0. The Kier molecular flexibility index (Phi) is 21.6. The summed E-state index contributed by atoms with van der Waals surface area (Å²) < 4.78 is 0. The molecule has 2 saturated carbocycles. The number of benzene rings is 4. The van der Waals surface area contributed by atoms with E-state index >= 15 is 5.11 Å². The van der Waals surface area contributed by atoms with Crippen LogP contribution in [-0.2, 0) is 32.1 Å². The molecule has 22 atom stereocenters. The highest BCUT2D eigenvalue weighted by molar-refractivity contribution is 8.04. The second-order valence-electron chi connectivity index (χ2n) is 53.0. The molecule has 724 valence electrons. The fourth-order valence-corrected chi connectivity index (χ4v) is 41.5. The number of aromatic amines is 1. The summed E-state index contributed by atoms with van der Waals surface area (Å²) in [6.45, 7) is 40.2. The summed E-state index contributed by atoms with van der Waals surface area (Å²) in [4.78, 5) is 12.5. The van der Waals surface area contributed by atoms with Gasteiger partial charge >= 0.3 is 0 Å². The number of H-pyrrole nitrogens is 1. The zero-order chi connectivity index (χ0) is 93.3. The highest BCUT2D eigenvalue weighted by Crippen LogP contribution is 2.84. The molecular formula is C133H164N2OS2. The molecule has 3 heterocycles. The summed E-state index contributed by atoms with van der Waals surface area (Å²) in [7, 11) is 0. The van der Waals surface area contributed by atoms with Crippen LogP contribution < -0.4 is 21.0 Å². The molecule has 22 unspecified atom stereocenters. The van der Waals surface area contributed by atoms with Gasteiger partial charge in [0.1, 0.15) is 5.75 Å². The molecule has 138 heavy (non-hydrogen) atoms. The average Bonchev–Trinajstić information content (AvgIpc) is 0.765. The lowest BCUT2D eigenvalue weighted by Gasteiger charge is -2.69. The van der Waals surface area contributed by atoms with Crippen molar-refractivity contribution < 1.29 is 5.11 Å². The number of hydrogen-bond acceptors (Lipinski definition) is 4. The van der Waals surface area contributed by atoms with Crippen LogP contribution in [0.4, 0.5) is 0 Å². The molecule has 21 aliphatic carbocycles. The number of phenols is 1. The second-order valence-corrected chi connectivity index (χ2v) is 55.8. The third-order valence-electron chi connectivity index (χ3n) is 43.2. The topological polar surface area (TPSA) is 48.4 Å². The van der Waals surface area contributed by atoms with Crippen molar-refractivity contribution in [3.8, 4) is 5.75 Å². The molecule has 0 saturated heterocycles. The predicted octanol–water partition coefficient (Wildman–Crippen LogP) is 32.3. The molecule has 0 amide bonds. The summed E-state index contributed by atoms with van der Waals surface area (Å²) in [6.07, 6.45) is 64.6. The van der Waals surface area contributed by atoms with E-state index in [1.807, 2.05) is 99.2 Å². The number of rotatable bonds is 39. The summed E-state index contributed by atoms with van der Waals surface area (Å²) in [6, 6.07) is 2.82. The van der Waals surface area contributed by atoms with Crippen molar-refractivity contribution in [2.45, 2.75) is 395 Å². The third-order valence-corrected chi connectivity index (χ3v) is 46.1. The van der Waals surface area contributed by atoms with E-state index in [2.05, 4.69) is 176 Å². The SMILES string of the molecule is CCCCCCC1CC(CCCCCC)C2SC3=C(C4=NC=C5C=C6C=C7CC8c9c(c%10c%11c(c%12c%13c%10c%10c9=C7C7C9=C%14C%15=C%16C(=C3C(CCCC(C)C)=C3Cc%17c(CCCC(C)C)c(O)c%18cc%19c%20c%21c%18c%17C(C3%16)C%14C%21C(C%13=C%20C3C(=C%19CCCC(C)C)C=c%13[nH]cc(CC)c%13=C%123)C=%109)C4C5C%15C67)CC(CCC(C)C)C%11)C3CCC(CCCCC(C)C)C(CCCCCC)C3C8CSC(C)C)C2C1. The molecule has 1 aromatic heterocycles. The van der Waals surface area contributed by atoms with Gasteiger partial charge in [0, 0.05) is 104 Å². The van der Waals surface area contributed by atoms with E-state index in [0.29, 0.717) is 111 Å². The van der Waals surface area contributed by atoms with Crippen molar-refractivity contribution in [2.75, 3.05) is 5.75 Å². The zero-order valence-corrected chi connectivity index (χ0v) is 89.3. The number of nitrogens with one attached hydrogen (secondary N) is 1. The molecule has 5 aromatic rings. The number of aryl methyl sites for hydroxylation is 1. The Labute approximate surface area is 837 Å². The van der Waals surface area contributed by atoms with Crippen LogP contribution in [0.25, 0.3) is 61.1 Å². The number of aromatic hydroxyl groups is 1. The smallest absolute Gasteiger partial charge is 0.126 e. The van der Waals surface area contributed by atoms with Gasteiger partial charge in [-0.3, -0.25) is 4.99 Å². The Hall–Kier alpha value is -6.27. The first kappa shape index (κ1) is 89.4. The first-order valence-electron chi connectivity index (χ1n) is 59.2. The maximum Gasteiger partial charge on any atom is 0.126 e. The number of thioether (sulfide) groups is 2. The lowest BCUT2D eigenvalue weighted by molar-refractivity contribution is 0.0490. The number of phenolic OH excluding ortho intramolecular Hbond substituents is 1. The number of fused-ring (bicyclic) bond motifs is 12. The number of aliphatic imine (C=N–C) groups is 1. The highest BCUT2D eigenvalue weighted by Gasteiger charge is 2.73. The van der Waals surface area contributed by atoms with Gasteiger partial charge in [0.25, 0.3) is 0 Å². The van der Waals surface area contributed by atoms with Gasteiger partial charge in [-0.1, -0.05) is 263 Å². The van der Waals surface area contributed by atoms with Crippen LogP contribution in [0.2, 0.25) is 0 Å². The Morgan fingerprint density at radius 2 is 1.15 bits per heavy atom. The highest BCUT2D eigenvalue weighted by atomic mass is 32.2. The van der Waals surface area contributed by atoms with Crippen molar-refractivity contribution in [1.29, 1.82) is 0 Å². The summed E-state index contributed by atoms with van der Waals surface area (Å²) in [5, 5.41) is 29.6. The number of unbranched alkanes of at least 4 members (excludes halogenated alkanes) is 10. The third kappa shape index (κ3) is 12.2. The van der Waals surface area contributed by atoms with Crippen molar-refractivity contribution >= 4 is 90.3 Å². The van der Waals surface area contributed by atoms with Gasteiger partial charge in [-0.25, -0.2) is 0 Å². The van der Waals surface area contributed by atoms with Crippen LogP contribution in [0.1, 0.15) is 425 Å². The van der Waals surface area contributed by atoms with E-state index in [1.165, 1.54) is 246 Å². The van der Waals surface area contributed by atoms with Crippen molar-refractivity contribution in [1.82, 2.24) is 4.98 Å². The van der Waals surface area contributed by atoms with Gasteiger partial charge in [-0.05, 0) is 427 Å². The predicted molar refractivity (Wildman–Crippen MR) is 585 cm³/mol. The average molecular weight is 1870 g/mol. The molecule has 2 N–H and O–H groups in total. The Balaban J connectivity index is 0.816. The van der Waals surface area contributed by atoms with Crippen LogP contribution in [0.3, 0.4) is 0 Å². The van der Waals surface area contributed by atoms with Crippen LogP contribution in [0.15, 0.2) is 113 Å². The van der Waals surface area contributed by atoms with Crippen LogP contribution in [0, 0.1) is 130 Å². The minimum atomic E-state index is 0.140. The Bertz CT molecular complexity index is 6840. The molecular weight excluding hydrogens is 1710 g/mol. The molecule has 0 spiro atoms. The van der Waals surface area contributed by atoms with E-state index in [0.717, 1.165) is 61.7 Å². The van der Waals surface area contributed by atoms with Gasteiger partial charge in [0.05, 0.1) is 5.71 Å². The molecule has 0 radical (unpaired) electrons. The van der Waals surface area contributed by atoms with Gasteiger partial charge in [0.15, 0.2) is 0 Å². The molecule has 28 rings (SSSR count). The quantitative estimate of drug-likeness (QED) is 0.0386. The molecule has 2 fully saturated rings. The van der Waals surface area contributed by atoms with E-state index in [4.69, 9.17) is 4.99 Å². The maximum absolute atomic E-state index is 15.1. The fourth-order valence-electron chi connectivity index (χ4n) is 38.5. The van der Waals surface area contributed by atoms with E-state index in [1.54, 1.807) is 110 Å². The molecule has 2 aliphatic heterocycles. The standard InChI is InChI=1S/C133H164N2OS2/c1-17-21-24-27-39-69-50-73(41-28-25-22-18-2)132-90(53-69)108-130-129-96-76(61-135-130)55-74-54-75-56-84-91(62-137-68(15)16)97-77(42-29-26-23-19-3)72(40-31-30-35-63(5)6)48-49-81(97)98-99-82-51-70(47-46-67(13)14)52-83(82)102-109-93-71(20-4)60-134-92(93)59-88-78(43-32-36-64(7)8)85-58-89-106-101-87(80(131(89)136)45-34-38-66(11)12)57-86-79(44-33-37-65(9)10)107(133(108)138-132)119(129)118-104(86)113(101)124-125-115(106)103(85)114(105(88)109)123-117(102)116(99)122-112(100(84)98)95(75)110-94(74)111(96)120(118)126(124)121(110)127(122)128(123)125/h54-55,58-61,63-70,72-73,77,81,84,90-91,94,96-97,104-105,110-111,113,124-125,128-129,132,134,136H,17-53,56-57,62H2,1-16H3. The van der Waals surface area contributed by atoms with Crippen molar-refractivity contribution in [2.24, 2.45) is 135 Å². The van der Waals surface area contributed by atoms with Gasteiger partial charge in [-0.2, -0.15) is 11.8 Å². The van der Waals surface area contributed by atoms with Crippen LogP contribution in [0.5, 0.6) is 5.75 Å². The Morgan fingerprint density at radius 1 is 0.471 bits per heavy atom. The van der Waals surface area contributed by atoms with Gasteiger partial charge in [0.2, 0.25) is 0 Å². The van der Waals surface area contributed by atoms with E-state index in [9.17, 15) is 0 Å². The van der Waals surface area contributed by atoms with E-state index in [-0.39, 0.29) is 29.6 Å². The second kappa shape index (κ2) is 33.4. The number of aromatic nitrogens is 1. The monoisotopic (exact) mass is 1870 g/mol. The van der Waals surface area contributed by atoms with Crippen LogP contribution in [-0.4, -0.2) is 32.1 Å². The summed E-state index contributed by atoms with van der Waals surface area (Å²) >= 11 is 4.89. The number of hydrogen-bond donors (Lipinski definition) is 2. The van der Waals surface area contributed by atoms with Crippen LogP contribution >= 0.6 is 23.5 Å². The number of nitrogens with zero attached hydrogens (tertiary/aromatic N) is 1. The normalized spacial score (nSPS) is 32.3. The molecule has 0 bridgehead atoms. The van der Waals surface area contributed by atoms with Crippen molar-refractivity contribution in [3.05, 3.63) is 201 Å². The zero-order valence-electron chi connectivity index (χ0n) is 87.6. The molecule has 4 aromatic carbocycles. The molecule has 23 aliphatic rings. The lowest BCUT2D eigenvalue weighted by Crippen LogP contribution is -2.62.